The molecule has 2 aromatic carbocycles. The summed E-state index contributed by atoms with van der Waals surface area (Å²) in [6.07, 6.45) is 13.8. The number of aliphatic imine (C=N–C) groups is 1. The number of Topliss-reactive ketones (excluding diaryl/α,β-unsaturated/α-hetero) is 2. The Kier molecular flexibility index (Phi) is 25.7. The number of hydrogen-bond donors (Lipinski definition) is 6. The van der Waals surface area contributed by atoms with Crippen molar-refractivity contribution in [2.24, 2.45) is 34.2 Å². The lowest BCUT2D eigenvalue weighted by molar-refractivity contribution is -0.145. The normalized spacial score (nSPS) is 16.3. The standard InChI is InChI=1S/C64H84N10O11/c1-5-31-73(32-6-2)63(83)48-35-46-23-24-47(36-54(46)71-56(65)37-48)61(81)70-49-25-26-52(69-39-49)44-19-21-45(22-20-44)60(80)67-29-11-14-59(79)85-40-43-17-15-42(16-18-43)34-55(76)53(13-10-30-68-64(66)84)72-62(82)51(41(3)4)38-50(75)12-8-7-9-33-74-57(77)27-28-58(74)78/h15-18,23-28,35-36,39,41,44-45,51,53H,5-14,19-22,29-34,37-38,40H2,1-4H3,(H2,65,71)(H,67,80)(H,70,81)(H,72,82)(H3,66,68,84)/t44?,45?,51-,53-/m0/s1. The van der Waals surface area contributed by atoms with Crippen LogP contribution in [0.4, 0.5) is 16.2 Å². The Bertz CT molecular complexity index is 2940. The number of nitrogens with zero attached hydrogens (tertiary/aromatic N) is 4. The molecule has 3 heterocycles. The van der Waals surface area contributed by atoms with Gasteiger partial charge in [-0.3, -0.25) is 53.0 Å². The molecule has 8 amide bonds. The number of nitrogens with one attached hydrogen (secondary N) is 4. The minimum absolute atomic E-state index is 0.00623. The third kappa shape index (κ3) is 20.7. The Morgan fingerprint density at radius 1 is 0.800 bits per heavy atom. The number of primary amides is 1. The molecule has 2 aliphatic heterocycles. The van der Waals surface area contributed by atoms with Gasteiger partial charge in [-0.1, -0.05) is 64.4 Å². The fourth-order valence-corrected chi connectivity index (χ4v) is 10.7. The summed E-state index contributed by atoms with van der Waals surface area (Å²) in [6, 6.07) is 14.3. The highest BCUT2D eigenvalue weighted by molar-refractivity contribution is 6.13. The van der Waals surface area contributed by atoms with Crippen LogP contribution in [-0.4, -0.2) is 118 Å². The van der Waals surface area contributed by atoms with Crippen LogP contribution in [0.1, 0.15) is 169 Å². The summed E-state index contributed by atoms with van der Waals surface area (Å²) < 4.78 is 5.50. The number of ether oxygens (including phenoxy) is 1. The third-order valence-corrected chi connectivity index (χ3v) is 15.5. The van der Waals surface area contributed by atoms with E-state index in [0.717, 1.165) is 36.3 Å². The van der Waals surface area contributed by atoms with Gasteiger partial charge in [0, 0.05) is 117 Å². The summed E-state index contributed by atoms with van der Waals surface area (Å²) in [6.45, 7) is 9.88. The fourth-order valence-electron chi connectivity index (χ4n) is 10.7. The molecule has 456 valence electrons. The van der Waals surface area contributed by atoms with Crippen molar-refractivity contribution in [3.63, 3.8) is 0 Å². The molecule has 0 unspecified atom stereocenters. The predicted molar refractivity (Wildman–Crippen MR) is 323 cm³/mol. The van der Waals surface area contributed by atoms with E-state index in [1.165, 1.54) is 12.2 Å². The van der Waals surface area contributed by atoms with Crippen LogP contribution in [0.2, 0.25) is 0 Å². The number of esters is 1. The van der Waals surface area contributed by atoms with E-state index in [1.807, 2.05) is 50.8 Å². The van der Waals surface area contributed by atoms with E-state index in [-0.39, 0.29) is 117 Å². The van der Waals surface area contributed by atoms with Crippen molar-refractivity contribution in [2.75, 3.05) is 38.0 Å². The molecule has 0 bridgehead atoms. The first-order chi connectivity index (χ1) is 40.8. The number of carbonyl (C=O) groups excluding carboxylic acids is 10. The highest BCUT2D eigenvalue weighted by Crippen LogP contribution is 2.36. The van der Waals surface area contributed by atoms with Gasteiger partial charge in [0.05, 0.1) is 23.6 Å². The monoisotopic (exact) mass is 1170 g/mol. The van der Waals surface area contributed by atoms with Crippen LogP contribution in [0.5, 0.6) is 0 Å². The molecule has 0 saturated heterocycles. The molecule has 3 aromatic rings. The van der Waals surface area contributed by atoms with Crippen molar-refractivity contribution >= 4 is 82.3 Å². The van der Waals surface area contributed by atoms with Crippen molar-refractivity contribution in [3.8, 4) is 0 Å². The number of unbranched alkanes of at least 4 members (excludes halogenated alkanes) is 2. The zero-order chi connectivity index (χ0) is 61.4. The maximum absolute atomic E-state index is 13.7. The maximum atomic E-state index is 13.7. The number of amides is 8. The number of benzene rings is 2. The Balaban J connectivity index is 0.874. The number of urea groups is 1. The van der Waals surface area contributed by atoms with E-state index in [2.05, 4.69) is 31.2 Å². The molecule has 1 aliphatic carbocycles. The number of imide groups is 1. The molecule has 21 nitrogen and oxygen atoms in total. The molecule has 85 heavy (non-hydrogen) atoms. The number of aromatic nitrogens is 1. The first-order valence-electron chi connectivity index (χ1n) is 30.0. The fraction of sp³-hybridized carbons (Fsp3) is 0.500. The highest BCUT2D eigenvalue weighted by atomic mass is 16.5. The first kappa shape index (κ1) is 65.8. The highest BCUT2D eigenvalue weighted by Gasteiger charge is 2.31. The number of fused-ring (bicyclic) bond motifs is 1. The van der Waals surface area contributed by atoms with Gasteiger partial charge in [0.15, 0.2) is 5.78 Å². The molecule has 2 atom stereocenters. The number of hydrogen-bond acceptors (Lipinski definition) is 14. The zero-order valence-corrected chi connectivity index (χ0v) is 49.6. The first-order valence-corrected chi connectivity index (χ1v) is 30.0. The summed E-state index contributed by atoms with van der Waals surface area (Å²) >= 11 is 0. The number of nitrogens with two attached hydrogens (primary N) is 2. The number of carbonyl (C=O) groups is 10. The van der Waals surface area contributed by atoms with Crippen LogP contribution in [0.3, 0.4) is 0 Å². The molecule has 6 rings (SSSR count). The molecule has 0 radical (unpaired) electrons. The van der Waals surface area contributed by atoms with Crippen LogP contribution < -0.4 is 32.7 Å². The number of pyridine rings is 1. The van der Waals surface area contributed by atoms with E-state index < -0.39 is 29.9 Å². The summed E-state index contributed by atoms with van der Waals surface area (Å²) in [7, 11) is 0. The summed E-state index contributed by atoms with van der Waals surface area (Å²) in [4.78, 5) is 140. The van der Waals surface area contributed by atoms with Gasteiger partial charge >= 0.3 is 12.0 Å². The number of anilines is 1. The average Bonchev–Trinajstić information content (AvgIpc) is 4.03. The molecule has 8 N–H and O–H groups in total. The second-order valence-electron chi connectivity index (χ2n) is 22.6. The second kappa shape index (κ2) is 33.2. The van der Waals surface area contributed by atoms with Crippen LogP contribution in [0, 0.1) is 17.8 Å². The minimum atomic E-state index is -0.902. The molecule has 1 saturated carbocycles. The molecular formula is C64H84N10O11. The maximum Gasteiger partial charge on any atom is 0.312 e. The zero-order valence-electron chi connectivity index (χ0n) is 49.6. The largest absolute Gasteiger partial charge is 0.461 e. The molecule has 1 aromatic heterocycles. The van der Waals surface area contributed by atoms with E-state index in [9.17, 15) is 47.9 Å². The minimum Gasteiger partial charge on any atom is -0.461 e. The van der Waals surface area contributed by atoms with Crippen LogP contribution in [0.15, 0.2) is 83.5 Å². The van der Waals surface area contributed by atoms with Crippen LogP contribution in [0.25, 0.3) is 6.08 Å². The third-order valence-electron chi connectivity index (χ3n) is 15.5. The van der Waals surface area contributed by atoms with E-state index in [4.69, 9.17) is 16.2 Å². The van der Waals surface area contributed by atoms with Crippen molar-refractivity contribution in [1.29, 1.82) is 0 Å². The van der Waals surface area contributed by atoms with Gasteiger partial charge in [-0.05, 0) is 118 Å². The number of amidine groups is 1. The quantitative estimate of drug-likeness (QED) is 0.0197. The van der Waals surface area contributed by atoms with E-state index in [0.29, 0.717) is 110 Å². The molecular weight excluding hydrogens is 1080 g/mol. The summed E-state index contributed by atoms with van der Waals surface area (Å²) in [5, 5.41) is 11.3. The van der Waals surface area contributed by atoms with Crippen molar-refractivity contribution < 1.29 is 52.7 Å². The SMILES string of the molecule is CCCN(CCC)C(=O)C1=Cc2ccc(C(=O)Nc3ccc(C4CCC(C(=O)NCCCC(=O)OCc5ccc(CC(=O)[C@H](CCCNC(N)=O)NC(=O)[C@@H](CC(=O)CCCCCN6C(=O)C=CC6=O)C(C)C)cc5)CC4)nc3)cc2N=C(N)C1. The average molecular weight is 1170 g/mol. The van der Waals surface area contributed by atoms with Gasteiger partial charge in [-0.25, -0.2) is 9.79 Å². The van der Waals surface area contributed by atoms with Crippen LogP contribution in [-0.2, 0) is 56.1 Å². The van der Waals surface area contributed by atoms with E-state index >= 15 is 0 Å². The Hall–Kier alpha value is -8.36. The smallest absolute Gasteiger partial charge is 0.312 e. The van der Waals surface area contributed by atoms with Gasteiger partial charge in [-0.15, -0.1) is 0 Å². The molecule has 21 heteroatoms. The van der Waals surface area contributed by atoms with Crippen LogP contribution >= 0.6 is 0 Å². The van der Waals surface area contributed by atoms with Gasteiger partial charge < -0.3 is 42.4 Å². The van der Waals surface area contributed by atoms with Crippen molar-refractivity contribution in [2.45, 2.75) is 155 Å². The Labute approximate surface area is 498 Å². The van der Waals surface area contributed by atoms with Gasteiger partial charge in [0.25, 0.3) is 17.7 Å². The Morgan fingerprint density at radius 2 is 1.49 bits per heavy atom. The topological polar surface area (TPSA) is 312 Å². The van der Waals surface area contributed by atoms with Gasteiger partial charge in [0.1, 0.15) is 18.2 Å². The molecule has 1 fully saturated rings. The number of rotatable bonds is 33. The predicted octanol–water partition coefficient (Wildman–Crippen LogP) is 7.43. The van der Waals surface area contributed by atoms with Gasteiger partial charge in [-0.2, -0.15) is 0 Å². The Morgan fingerprint density at radius 3 is 2.15 bits per heavy atom. The van der Waals surface area contributed by atoms with Crippen molar-refractivity contribution in [3.05, 3.63) is 106 Å². The lowest BCUT2D eigenvalue weighted by Crippen LogP contribution is -2.46. The number of ketones is 2. The lowest BCUT2D eigenvalue weighted by Gasteiger charge is -2.27. The van der Waals surface area contributed by atoms with E-state index in [1.54, 1.807) is 48.7 Å². The van der Waals surface area contributed by atoms with Crippen molar-refractivity contribution in [1.82, 2.24) is 30.7 Å². The molecule has 0 spiro atoms. The summed E-state index contributed by atoms with van der Waals surface area (Å²) in [5.74, 6) is -2.91. The lowest BCUT2D eigenvalue weighted by atomic mass is 9.80. The second-order valence-corrected chi connectivity index (χ2v) is 22.6. The summed E-state index contributed by atoms with van der Waals surface area (Å²) in [5.41, 5.74) is 16.5. The van der Waals surface area contributed by atoms with Gasteiger partial charge in [0.2, 0.25) is 17.7 Å². The molecule has 3 aliphatic rings.